The summed E-state index contributed by atoms with van der Waals surface area (Å²) in [4.78, 5) is 20.5. The molecule has 8 heteroatoms. The van der Waals surface area contributed by atoms with Gasteiger partial charge in [0.25, 0.3) is 0 Å². The van der Waals surface area contributed by atoms with Crippen LogP contribution in [0.5, 0.6) is 5.75 Å². The van der Waals surface area contributed by atoms with E-state index in [2.05, 4.69) is 15.3 Å². The van der Waals surface area contributed by atoms with Gasteiger partial charge in [0, 0.05) is 29.2 Å². The molecule has 0 saturated carbocycles. The number of aliphatic hydroxyl groups is 1. The van der Waals surface area contributed by atoms with E-state index in [-0.39, 0.29) is 0 Å². The molecule has 1 aromatic heterocycles. The molecule has 1 heterocycles. The third-order valence-corrected chi connectivity index (χ3v) is 5.18. The highest BCUT2D eigenvalue weighted by Crippen LogP contribution is 2.44. The Bertz CT molecular complexity index is 1080. The largest absolute Gasteiger partial charge is 0.494 e. The molecule has 3 aromatic rings. The van der Waals surface area contributed by atoms with Crippen molar-refractivity contribution >= 4 is 34.4 Å². The number of rotatable bonds is 6. The summed E-state index contributed by atoms with van der Waals surface area (Å²) in [6.45, 7) is 2.92. The van der Waals surface area contributed by atoms with E-state index in [1.54, 1.807) is 31.4 Å². The van der Waals surface area contributed by atoms with Crippen LogP contribution in [-0.2, 0) is 4.79 Å². The van der Waals surface area contributed by atoms with Gasteiger partial charge in [-0.2, -0.15) is 0 Å². The Balaban J connectivity index is 2.40. The van der Waals surface area contributed by atoms with E-state index >= 15 is 0 Å². The summed E-state index contributed by atoms with van der Waals surface area (Å²) in [5, 5.41) is 24.7. The maximum Gasteiger partial charge on any atom is 0.312 e. The summed E-state index contributed by atoms with van der Waals surface area (Å²) in [6, 6.07) is 8.94. The molecule has 0 radical (unpaired) electrons. The minimum Gasteiger partial charge on any atom is -0.494 e. The van der Waals surface area contributed by atoms with Crippen LogP contribution in [0.2, 0.25) is 5.02 Å². The van der Waals surface area contributed by atoms with Crippen LogP contribution in [0.3, 0.4) is 0 Å². The molecule has 7 nitrogen and oxygen atoms in total. The van der Waals surface area contributed by atoms with E-state index in [0.717, 1.165) is 5.56 Å². The zero-order chi connectivity index (χ0) is 21.3. The number of halogens is 1. The van der Waals surface area contributed by atoms with Gasteiger partial charge in [-0.1, -0.05) is 23.7 Å². The first-order chi connectivity index (χ1) is 13.7. The number of aliphatic carboxylic acids is 1. The summed E-state index contributed by atoms with van der Waals surface area (Å²) in [6.07, 6.45) is 0.316. The number of ether oxygens (including phenoxy) is 1. The summed E-state index contributed by atoms with van der Waals surface area (Å²) < 4.78 is 5.57. The van der Waals surface area contributed by atoms with E-state index < -0.39 is 17.5 Å². The van der Waals surface area contributed by atoms with Crippen LogP contribution >= 0.6 is 11.6 Å². The number of benzene rings is 2. The van der Waals surface area contributed by atoms with Crippen molar-refractivity contribution in [1.29, 1.82) is 0 Å². The van der Waals surface area contributed by atoms with Crippen LogP contribution in [0.25, 0.3) is 22.0 Å². The van der Waals surface area contributed by atoms with E-state index in [1.807, 2.05) is 12.1 Å². The second kappa shape index (κ2) is 7.85. The minimum absolute atomic E-state index is 0.298. The zero-order valence-electron chi connectivity index (χ0n) is 16.5. The van der Waals surface area contributed by atoms with E-state index in [0.29, 0.717) is 38.8 Å². The predicted molar refractivity (Wildman–Crippen MR) is 112 cm³/mol. The van der Waals surface area contributed by atoms with Crippen molar-refractivity contribution < 1.29 is 19.7 Å². The number of methoxy groups -OCH3 is 1. The van der Waals surface area contributed by atoms with Crippen molar-refractivity contribution in [3.05, 3.63) is 47.1 Å². The number of carboxylic acids is 1. The Morgan fingerprint density at radius 3 is 2.62 bits per heavy atom. The van der Waals surface area contributed by atoms with E-state index in [4.69, 9.17) is 16.3 Å². The molecule has 0 aliphatic heterocycles. The number of aliphatic hydroxyl groups excluding tert-OH is 1. The number of carbonyl (C=O) groups is 1. The Morgan fingerprint density at radius 1 is 1.31 bits per heavy atom. The molecule has 0 aliphatic carbocycles. The quantitative estimate of drug-likeness (QED) is 0.555. The lowest BCUT2D eigenvalue weighted by Crippen LogP contribution is -2.31. The lowest BCUT2D eigenvalue weighted by molar-refractivity contribution is -0.153. The molecule has 29 heavy (non-hydrogen) atoms. The Hall–Kier alpha value is -2.90. The lowest BCUT2D eigenvalue weighted by atomic mass is 9.81. The number of nitrogens with one attached hydrogen (secondary N) is 1. The van der Waals surface area contributed by atoms with Crippen molar-refractivity contribution in [2.75, 3.05) is 19.5 Å². The van der Waals surface area contributed by atoms with Gasteiger partial charge in [-0.3, -0.25) is 4.79 Å². The van der Waals surface area contributed by atoms with Crippen LogP contribution < -0.4 is 10.1 Å². The zero-order valence-corrected chi connectivity index (χ0v) is 17.3. The Labute approximate surface area is 173 Å². The molecule has 2 aromatic carbocycles. The average Bonchev–Trinajstić information content (AvgIpc) is 2.71. The van der Waals surface area contributed by atoms with Crippen LogP contribution in [-0.4, -0.2) is 40.3 Å². The van der Waals surface area contributed by atoms with Gasteiger partial charge in [-0.25, -0.2) is 9.97 Å². The average molecular weight is 416 g/mol. The van der Waals surface area contributed by atoms with Gasteiger partial charge in [0.2, 0.25) is 5.95 Å². The van der Waals surface area contributed by atoms with Crippen molar-refractivity contribution in [2.45, 2.75) is 20.0 Å². The maximum absolute atomic E-state index is 11.7. The van der Waals surface area contributed by atoms with Gasteiger partial charge in [0.15, 0.2) is 5.75 Å². The molecule has 1 unspecified atom stereocenters. The number of aromatic nitrogens is 2. The Morgan fingerprint density at radius 2 is 2.03 bits per heavy atom. The maximum atomic E-state index is 11.7. The van der Waals surface area contributed by atoms with Crippen LogP contribution in [0, 0.1) is 5.41 Å². The highest BCUT2D eigenvalue weighted by Gasteiger charge is 2.39. The fourth-order valence-electron chi connectivity index (χ4n) is 3.13. The molecule has 0 saturated heterocycles. The first-order valence-electron chi connectivity index (χ1n) is 8.93. The third kappa shape index (κ3) is 3.71. The second-order valence-electron chi connectivity index (χ2n) is 7.19. The fourth-order valence-corrected chi connectivity index (χ4v) is 3.32. The first kappa shape index (κ1) is 20.8. The number of hydrogen-bond acceptors (Lipinski definition) is 6. The topological polar surface area (TPSA) is 105 Å². The van der Waals surface area contributed by atoms with Crippen molar-refractivity contribution in [3.8, 4) is 16.9 Å². The van der Waals surface area contributed by atoms with Crippen LogP contribution in [0.15, 0.2) is 36.5 Å². The molecule has 1 atom stereocenters. The van der Waals surface area contributed by atoms with Crippen LogP contribution in [0.1, 0.15) is 25.5 Å². The van der Waals surface area contributed by atoms with Gasteiger partial charge < -0.3 is 20.3 Å². The monoisotopic (exact) mass is 415 g/mol. The van der Waals surface area contributed by atoms with Gasteiger partial charge in [0.1, 0.15) is 5.52 Å². The standard InChI is InChI=1S/C21H22ClN3O4/c1-21(2,19(27)28)18(26)14-9-13(11-6-5-7-12(22)8-11)15-10-24-20(23-3)25-16(15)17(14)29-4/h5-10,18,26H,1-4H3,(H,27,28)(H,23,24,25). The molecular formula is C21H22ClN3O4. The number of carboxylic acid groups (broad SMARTS) is 1. The third-order valence-electron chi connectivity index (χ3n) is 4.95. The Kier molecular flexibility index (Phi) is 5.64. The summed E-state index contributed by atoms with van der Waals surface area (Å²) in [7, 11) is 3.15. The van der Waals surface area contributed by atoms with Gasteiger partial charge in [0.05, 0.1) is 18.6 Å². The molecule has 3 N–H and O–H groups in total. The molecule has 3 rings (SSSR count). The molecule has 0 bridgehead atoms. The smallest absolute Gasteiger partial charge is 0.312 e. The molecule has 152 valence electrons. The fraction of sp³-hybridized carbons (Fsp3) is 0.286. The first-order valence-corrected chi connectivity index (χ1v) is 9.31. The summed E-state index contributed by atoms with van der Waals surface area (Å²) >= 11 is 6.18. The number of nitrogens with zero attached hydrogens (tertiary/aromatic N) is 2. The summed E-state index contributed by atoms with van der Waals surface area (Å²) in [5.41, 5.74) is 0.822. The lowest BCUT2D eigenvalue weighted by Gasteiger charge is -2.28. The molecule has 0 spiro atoms. The predicted octanol–water partition coefficient (Wildman–Crippen LogP) is 4.14. The van der Waals surface area contributed by atoms with Gasteiger partial charge in [-0.15, -0.1) is 0 Å². The number of fused-ring (bicyclic) bond motifs is 1. The van der Waals surface area contributed by atoms with Gasteiger partial charge >= 0.3 is 5.97 Å². The van der Waals surface area contributed by atoms with E-state index in [9.17, 15) is 15.0 Å². The minimum atomic E-state index is -1.45. The molecular weight excluding hydrogens is 394 g/mol. The highest BCUT2D eigenvalue weighted by molar-refractivity contribution is 6.30. The normalized spacial score (nSPS) is 12.6. The van der Waals surface area contributed by atoms with Crippen molar-refractivity contribution in [1.82, 2.24) is 9.97 Å². The highest BCUT2D eigenvalue weighted by atomic mass is 35.5. The van der Waals surface area contributed by atoms with Crippen molar-refractivity contribution in [2.24, 2.45) is 5.41 Å². The number of anilines is 1. The molecule has 0 aliphatic rings. The van der Waals surface area contributed by atoms with Gasteiger partial charge in [-0.05, 0) is 43.2 Å². The number of hydrogen-bond donors (Lipinski definition) is 3. The second-order valence-corrected chi connectivity index (χ2v) is 7.63. The SMILES string of the molecule is CNc1ncc2c(-c3cccc(Cl)c3)cc(C(O)C(C)(C)C(=O)O)c(OC)c2n1. The van der Waals surface area contributed by atoms with E-state index in [1.165, 1.54) is 21.0 Å². The molecule has 0 fully saturated rings. The van der Waals surface area contributed by atoms with Crippen LogP contribution in [0.4, 0.5) is 5.95 Å². The molecule has 0 amide bonds. The summed E-state index contributed by atoms with van der Waals surface area (Å²) in [5.74, 6) is -0.460. The van der Waals surface area contributed by atoms with Crippen molar-refractivity contribution in [3.63, 3.8) is 0 Å².